The third-order valence-electron chi connectivity index (χ3n) is 4.46. The van der Waals surface area contributed by atoms with Gasteiger partial charge < -0.3 is 16.4 Å². The van der Waals surface area contributed by atoms with Crippen molar-refractivity contribution in [3.8, 4) is 0 Å². The molecule has 1 fully saturated rings. The number of sulfone groups is 1. The number of nitrogens with one attached hydrogen (secondary N) is 2. The van der Waals surface area contributed by atoms with Crippen molar-refractivity contribution in [3.05, 3.63) is 0 Å². The average molecular weight is 370 g/mol. The molecular weight excluding hydrogens is 342 g/mol. The van der Waals surface area contributed by atoms with E-state index in [2.05, 4.69) is 10.6 Å². The van der Waals surface area contributed by atoms with Gasteiger partial charge in [-0.1, -0.05) is 13.8 Å². The van der Waals surface area contributed by atoms with Crippen molar-refractivity contribution in [1.82, 2.24) is 10.6 Å². The Kier molecular flexibility index (Phi) is 9.09. The minimum atomic E-state index is -3.00. The second-order valence-electron chi connectivity index (χ2n) is 5.86. The molecule has 1 heterocycles. The van der Waals surface area contributed by atoms with E-state index in [-0.39, 0.29) is 61.3 Å². The lowest BCUT2D eigenvalue weighted by Crippen LogP contribution is -2.46. The summed E-state index contributed by atoms with van der Waals surface area (Å²) < 4.78 is 22.6. The van der Waals surface area contributed by atoms with Gasteiger partial charge in [0.05, 0.1) is 16.9 Å². The monoisotopic (exact) mass is 369 g/mol. The summed E-state index contributed by atoms with van der Waals surface area (Å²) in [5.74, 6) is -0.238. The van der Waals surface area contributed by atoms with Crippen LogP contribution in [0.5, 0.6) is 0 Å². The lowest BCUT2D eigenvalue weighted by Gasteiger charge is -2.28. The number of hydrogen-bond donors (Lipinski definition) is 3. The van der Waals surface area contributed by atoms with Crippen LogP contribution in [-0.2, 0) is 19.4 Å². The summed E-state index contributed by atoms with van der Waals surface area (Å²) in [6.07, 6.45) is 1.90. The van der Waals surface area contributed by atoms with E-state index >= 15 is 0 Å². The first-order chi connectivity index (χ1) is 10.3. The van der Waals surface area contributed by atoms with Crippen LogP contribution >= 0.6 is 12.4 Å². The van der Waals surface area contributed by atoms with Gasteiger partial charge in [-0.25, -0.2) is 8.42 Å². The zero-order valence-electron chi connectivity index (χ0n) is 13.8. The maximum Gasteiger partial charge on any atom is 0.227 e. The predicted octanol–water partition coefficient (Wildman–Crippen LogP) is -0.0171. The topological polar surface area (TPSA) is 118 Å². The zero-order chi connectivity index (χ0) is 16.8. The van der Waals surface area contributed by atoms with E-state index in [0.717, 1.165) is 0 Å². The molecule has 0 bridgehead atoms. The van der Waals surface area contributed by atoms with Gasteiger partial charge in [0.2, 0.25) is 11.8 Å². The average Bonchev–Trinajstić information content (AvgIpc) is 2.80. The van der Waals surface area contributed by atoms with Gasteiger partial charge in [-0.15, -0.1) is 12.4 Å². The van der Waals surface area contributed by atoms with E-state index in [1.165, 1.54) is 0 Å². The van der Waals surface area contributed by atoms with Crippen LogP contribution in [0.2, 0.25) is 0 Å². The molecule has 1 aliphatic rings. The summed E-state index contributed by atoms with van der Waals surface area (Å²) in [4.78, 5) is 23.9. The van der Waals surface area contributed by atoms with Gasteiger partial charge in [-0.2, -0.15) is 0 Å². The quantitative estimate of drug-likeness (QED) is 0.555. The largest absolute Gasteiger partial charge is 0.355 e. The highest BCUT2D eigenvalue weighted by Crippen LogP contribution is 2.24. The Hall–Kier alpha value is -0.860. The van der Waals surface area contributed by atoms with Gasteiger partial charge in [0.1, 0.15) is 0 Å². The van der Waals surface area contributed by atoms with Crippen molar-refractivity contribution in [3.63, 3.8) is 0 Å². The Morgan fingerprint density at radius 1 is 1.26 bits per heavy atom. The molecule has 0 aromatic carbocycles. The van der Waals surface area contributed by atoms with E-state index in [4.69, 9.17) is 5.73 Å². The van der Waals surface area contributed by atoms with Crippen LogP contribution in [-0.4, -0.2) is 50.9 Å². The highest BCUT2D eigenvalue weighted by atomic mass is 35.5. The number of carbonyl (C=O) groups is 2. The van der Waals surface area contributed by atoms with Gasteiger partial charge in [-0.05, 0) is 19.3 Å². The lowest BCUT2D eigenvalue weighted by molar-refractivity contribution is -0.131. The molecular formula is C14H28ClN3O4S. The Labute approximate surface area is 144 Å². The van der Waals surface area contributed by atoms with Crippen molar-refractivity contribution in [2.75, 3.05) is 24.6 Å². The molecule has 2 amide bonds. The second kappa shape index (κ2) is 9.44. The third kappa shape index (κ3) is 6.27. The van der Waals surface area contributed by atoms with E-state index < -0.39 is 15.3 Å². The molecule has 1 rings (SSSR count). The highest BCUT2D eigenvalue weighted by Gasteiger charge is 2.33. The van der Waals surface area contributed by atoms with Crippen LogP contribution in [0.1, 0.15) is 39.5 Å². The lowest BCUT2D eigenvalue weighted by atomic mass is 9.81. The molecule has 23 heavy (non-hydrogen) atoms. The molecule has 1 saturated heterocycles. The molecule has 9 heteroatoms. The minimum absolute atomic E-state index is 0. The molecule has 1 atom stereocenters. The summed E-state index contributed by atoms with van der Waals surface area (Å²) in [6, 6.07) is -0.303. The third-order valence-corrected chi connectivity index (χ3v) is 6.23. The molecule has 0 spiro atoms. The van der Waals surface area contributed by atoms with Gasteiger partial charge in [0, 0.05) is 25.6 Å². The van der Waals surface area contributed by atoms with Crippen LogP contribution in [0.3, 0.4) is 0 Å². The maximum absolute atomic E-state index is 12.2. The smallest absolute Gasteiger partial charge is 0.227 e. The fourth-order valence-corrected chi connectivity index (χ4v) is 4.31. The molecule has 0 aromatic heterocycles. The van der Waals surface area contributed by atoms with Crippen molar-refractivity contribution in [1.29, 1.82) is 0 Å². The molecule has 0 saturated carbocycles. The normalized spacial score (nSPS) is 19.7. The van der Waals surface area contributed by atoms with Gasteiger partial charge in [-0.3, -0.25) is 9.59 Å². The summed E-state index contributed by atoms with van der Waals surface area (Å²) in [6.45, 7) is 4.34. The number of hydrogen-bond acceptors (Lipinski definition) is 5. The number of nitrogens with two attached hydrogens (primary N) is 1. The minimum Gasteiger partial charge on any atom is -0.355 e. The SMILES string of the molecule is CCC(CC)(CN)C(=O)NCCC(=O)NC1CCS(=O)(=O)C1.Cl. The highest BCUT2D eigenvalue weighted by molar-refractivity contribution is 7.91. The summed E-state index contributed by atoms with van der Waals surface area (Å²) in [5, 5.41) is 5.45. The summed E-state index contributed by atoms with van der Waals surface area (Å²) in [5.41, 5.74) is 5.13. The Morgan fingerprint density at radius 2 is 1.87 bits per heavy atom. The van der Waals surface area contributed by atoms with E-state index in [1.54, 1.807) is 0 Å². The molecule has 0 aliphatic carbocycles. The predicted molar refractivity (Wildman–Crippen MR) is 92.1 cm³/mol. The Balaban J connectivity index is 0.00000484. The van der Waals surface area contributed by atoms with Crippen LogP contribution < -0.4 is 16.4 Å². The van der Waals surface area contributed by atoms with E-state index in [0.29, 0.717) is 19.3 Å². The van der Waals surface area contributed by atoms with E-state index in [9.17, 15) is 18.0 Å². The van der Waals surface area contributed by atoms with Gasteiger partial charge in [0.25, 0.3) is 0 Å². The maximum atomic E-state index is 12.2. The fraction of sp³-hybridized carbons (Fsp3) is 0.857. The molecule has 0 aromatic rings. The first kappa shape index (κ1) is 22.1. The van der Waals surface area contributed by atoms with Gasteiger partial charge >= 0.3 is 0 Å². The van der Waals surface area contributed by atoms with Crippen molar-refractivity contribution in [2.24, 2.45) is 11.1 Å². The van der Waals surface area contributed by atoms with E-state index in [1.807, 2.05) is 13.8 Å². The number of halogens is 1. The van der Waals surface area contributed by atoms with Gasteiger partial charge in [0.15, 0.2) is 9.84 Å². The second-order valence-corrected chi connectivity index (χ2v) is 8.09. The van der Waals surface area contributed by atoms with Crippen LogP contribution in [0.15, 0.2) is 0 Å². The first-order valence-electron chi connectivity index (χ1n) is 7.76. The Morgan fingerprint density at radius 3 is 2.30 bits per heavy atom. The molecule has 7 nitrogen and oxygen atoms in total. The molecule has 1 unspecified atom stereocenters. The molecule has 0 radical (unpaired) electrons. The number of carbonyl (C=O) groups excluding carboxylic acids is 2. The van der Waals surface area contributed by atoms with Crippen LogP contribution in [0.4, 0.5) is 0 Å². The summed E-state index contributed by atoms with van der Waals surface area (Å²) in [7, 11) is -3.00. The van der Waals surface area contributed by atoms with Crippen molar-refractivity contribution >= 4 is 34.1 Å². The number of amides is 2. The molecule has 4 N–H and O–H groups in total. The van der Waals surface area contributed by atoms with Crippen molar-refractivity contribution in [2.45, 2.75) is 45.6 Å². The molecule has 136 valence electrons. The zero-order valence-corrected chi connectivity index (χ0v) is 15.4. The Bertz CT molecular complexity index is 498. The summed E-state index contributed by atoms with van der Waals surface area (Å²) >= 11 is 0. The fourth-order valence-electron chi connectivity index (χ4n) is 2.64. The first-order valence-corrected chi connectivity index (χ1v) is 9.59. The molecule has 1 aliphatic heterocycles. The van der Waals surface area contributed by atoms with Crippen LogP contribution in [0, 0.1) is 5.41 Å². The van der Waals surface area contributed by atoms with Crippen molar-refractivity contribution < 1.29 is 18.0 Å². The number of rotatable bonds is 8. The van der Waals surface area contributed by atoms with Crippen LogP contribution in [0.25, 0.3) is 0 Å². The standard InChI is InChI=1S/C14H27N3O4S.ClH/c1-3-14(4-2,10-15)13(19)16-7-5-12(18)17-11-6-8-22(20,21)9-11;/h11H,3-10,15H2,1-2H3,(H,16,19)(H,17,18);1H.